The first kappa shape index (κ1) is 17.3. The zero-order valence-electron chi connectivity index (χ0n) is 14.5. The number of nitrogen functional groups attached to an aromatic ring is 1. The van der Waals surface area contributed by atoms with Gasteiger partial charge in [0, 0.05) is 35.9 Å². The number of aromatic nitrogens is 5. The van der Waals surface area contributed by atoms with Crippen molar-refractivity contribution in [2.24, 2.45) is 5.73 Å². The number of nitrogens with two attached hydrogens (primary N) is 2. The summed E-state index contributed by atoms with van der Waals surface area (Å²) in [4.78, 5) is 24.0. The second-order valence-corrected chi connectivity index (χ2v) is 6.38. The number of carbonyl (C=O) groups excluding carboxylic acids is 1. The summed E-state index contributed by atoms with van der Waals surface area (Å²) in [7, 11) is 0. The third kappa shape index (κ3) is 3.77. The van der Waals surface area contributed by atoms with Crippen LogP contribution in [0.3, 0.4) is 0 Å². The summed E-state index contributed by atoms with van der Waals surface area (Å²) in [6.07, 6.45) is 8.41. The zero-order chi connectivity index (χ0) is 18.7. The third-order valence-corrected chi connectivity index (χ3v) is 3.79. The molecule has 0 radical (unpaired) electrons. The Morgan fingerprint density at radius 2 is 1.92 bits per heavy atom. The summed E-state index contributed by atoms with van der Waals surface area (Å²) in [6, 6.07) is 3.60. The van der Waals surface area contributed by atoms with Crippen LogP contribution in [0.5, 0.6) is 0 Å². The smallest absolute Gasteiger partial charge is 0.239 e. The Bertz CT molecular complexity index is 917. The second-order valence-electron chi connectivity index (χ2n) is 6.38. The van der Waals surface area contributed by atoms with Crippen molar-refractivity contribution in [3.05, 3.63) is 48.8 Å². The molecular weight excluding hydrogens is 332 g/mol. The van der Waals surface area contributed by atoms with Gasteiger partial charge in [-0.3, -0.25) is 14.5 Å². The Kier molecular flexibility index (Phi) is 4.53. The first-order chi connectivity index (χ1) is 12.3. The van der Waals surface area contributed by atoms with Crippen molar-refractivity contribution in [1.82, 2.24) is 24.7 Å². The van der Waals surface area contributed by atoms with Gasteiger partial charge in [0.25, 0.3) is 0 Å². The SMILES string of the molecule is CC(C)(Nc1ncc(-c2cnn(CC(N)=O)c2)cn1)c1ncccc1N. The molecule has 0 unspecified atom stereocenters. The van der Waals surface area contributed by atoms with Crippen LogP contribution in [0.25, 0.3) is 11.1 Å². The minimum absolute atomic E-state index is 0.0280. The maximum absolute atomic E-state index is 10.9. The molecule has 0 atom stereocenters. The van der Waals surface area contributed by atoms with Gasteiger partial charge in [-0.15, -0.1) is 0 Å². The molecule has 3 rings (SSSR count). The summed E-state index contributed by atoms with van der Waals surface area (Å²) in [5, 5.41) is 7.33. The number of primary amides is 1. The number of hydrogen-bond donors (Lipinski definition) is 3. The van der Waals surface area contributed by atoms with Crippen molar-refractivity contribution in [2.75, 3.05) is 11.1 Å². The maximum atomic E-state index is 10.9. The molecular formula is C17H20N8O. The van der Waals surface area contributed by atoms with Crippen LogP contribution in [-0.4, -0.2) is 30.6 Å². The highest BCUT2D eigenvalue weighted by Crippen LogP contribution is 2.27. The molecule has 9 nitrogen and oxygen atoms in total. The molecule has 5 N–H and O–H groups in total. The summed E-state index contributed by atoms with van der Waals surface area (Å²) in [5.41, 5.74) is 13.5. The van der Waals surface area contributed by atoms with Crippen LogP contribution in [0, 0.1) is 0 Å². The number of anilines is 2. The number of nitrogens with zero attached hydrogens (tertiary/aromatic N) is 5. The normalized spacial score (nSPS) is 11.3. The molecule has 0 spiro atoms. The Hall–Kier alpha value is -3.49. The lowest BCUT2D eigenvalue weighted by Gasteiger charge is -2.26. The molecule has 0 aromatic carbocycles. The van der Waals surface area contributed by atoms with E-state index in [0.717, 1.165) is 16.8 Å². The molecule has 0 bridgehead atoms. The van der Waals surface area contributed by atoms with E-state index in [4.69, 9.17) is 11.5 Å². The number of nitrogens with one attached hydrogen (secondary N) is 1. The van der Waals surface area contributed by atoms with Gasteiger partial charge in [0.15, 0.2) is 0 Å². The predicted octanol–water partition coefficient (Wildman–Crippen LogP) is 1.15. The van der Waals surface area contributed by atoms with Gasteiger partial charge in [0.1, 0.15) is 6.54 Å². The van der Waals surface area contributed by atoms with Crippen LogP contribution >= 0.6 is 0 Å². The van der Waals surface area contributed by atoms with E-state index in [1.807, 2.05) is 13.8 Å². The molecule has 3 aromatic rings. The minimum Gasteiger partial charge on any atom is -0.397 e. The van der Waals surface area contributed by atoms with Crippen molar-refractivity contribution in [2.45, 2.75) is 25.9 Å². The van der Waals surface area contributed by atoms with E-state index in [1.54, 1.807) is 43.1 Å². The Morgan fingerprint density at radius 3 is 2.58 bits per heavy atom. The quantitative estimate of drug-likeness (QED) is 0.605. The van der Waals surface area contributed by atoms with E-state index < -0.39 is 11.4 Å². The lowest BCUT2D eigenvalue weighted by molar-refractivity contribution is -0.118. The van der Waals surface area contributed by atoms with Gasteiger partial charge in [0.05, 0.1) is 23.1 Å². The first-order valence-corrected chi connectivity index (χ1v) is 7.97. The van der Waals surface area contributed by atoms with Crippen LogP contribution in [-0.2, 0) is 16.9 Å². The third-order valence-electron chi connectivity index (χ3n) is 3.79. The first-order valence-electron chi connectivity index (χ1n) is 7.97. The predicted molar refractivity (Wildman–Crippen MR) is 97.7 cm³/mol. The monoisotopic (exact) mass is 352 g/mol. The van der Waals surface area contributed by atoms with Crippen molar-refractivity contribution in [1.29, 1.82) is 0 Å². The largest absolute Gasteiger partial charge is 0.397 e. The molecule has 3 aromatic heterocycles. The lowest BCUT2D eigenvalue weighted by atomic mass is 9.98. The zero-order valence-corrected chi connectivity index (χ0v) is 14.5. The summed E-state index contributed by atoms with van der Waals surface area (Å²) < 4.78 is 1.47. The molecule has 3 heterocycles. The van der Waals surface area contributed by atoms with Crippen molar-refractivity contribution < 1.29 is 4.79 Å². The fourth-order valence-electron chi connectivity index (χ4n) is 2.58. The highest BCUT2D eigenvalue weighted by atomic mass is 16.1. The van der Waals surface area contributed by atoms with E-state index in [2.05, 4.69) is 25.4 Å². The summed E-state index contributed by atoms with van der Waals surface area (Å²) in [5.74, 6) is -0.000181. The lowest BCUT2D eigenvalue weighted by Crippen LogP contribution is -2.31. The van der Waals surface area contributed by atoms with E-state index >= 15 is 0 Å². The van der Waals surface area contributed by atoms with Gasteiger partial charge in [0.2, 0.25) is 11.9 Å². The van der Waals surface area contributed by atoms with Gasteiger partial charge in [-0.25, -0.2) is 9.97 Å². The molecule has 0 aliphatic carbocycles. The van der Waals surface area contributed by atoms with E-state index in [-0.39, 0.29) is 6.54 Å². The molecule has 0 saturated carbocycles. The van der Waals surface area contributed by atoms with Gasteiger partial charge >= 0.3 is 0 Å². The van der Waals surface area contributed by atoms with Crippen molar-refractivity contribution in [3.8, 4) is 11.1 Å². The number of carbonyl (C=O) groups is 1. The fraction of sp³-hybridized carbons (Fsp3) is 0.235. The van der Waals surface area contributed by atoms with Crippen LogP contribution in [0.1, 0.15) is 19.5 Å². The minimum atomic E-state index is -0.542. The number of hydrogen-bond acceptors (Lipinski definition) is 7. The Labute approximate surface area is 150 Å². The fourth-order valence-corrected chi connectivity index (χ4v) is 2.58. The average Bonchev–Trinajstić information content (AvgIpc) is 3.03. The van der Waals surface area contributed by atoms with Crippen LogP contribution in [0.2, 0.25) is 0 Å². The molecule has 0 fully saturated rings. The maximum Gasteiger partial charge on any atom is 0.239 e. The highest BCUT2D eigenvalue weighted by molar-refractivity contribution is 5.73. The van der Waals surface area contributed by atoms with Crippen molar-refractivity contribution in [3.63, 3.8) is 0 Å². The van der Waals surface area contributed by atoms with E-state index in [9.17, 15) is 4.79 Å². The van der Waals surface area contributed by atoms with Gasteiger partial charge in [-0.1, -0.05) is 0 Å². The molecule has 134 valence electrons. The molecule has 1 amide bonds. The van der Waals surface area contributed by atoms with Crippen LogP contribution < -0.4 is 16.8 Å². The van der Waals surface area contributed by atoms with Gasteiger partial charge in [-0.05, 0) is 26.0 Å². The molecule has 0 saturated heterocycles. The summed E-state index contributed by atoms with van der Waals surface area (Å²) >= 11 is 0. The second kappa shape index (κ2) is 6.79. The Balaban J connectivity index is 1.76. The van der Waals surface area contributed by atoms with Crippen LogP contribution in [0.15, 0.2) is 43.1 Å². The number of rotatable bonds is 6. The average molecular weight is 352 g/mol. The van der Waals surface area contributed by atoms with E-state index in [1.165, 1.54) is 4.68 Å². The molecule has 0 aliphatic heterocycles. The summed E-state index contributed by atoms with van der Waals surface area (Å²) in [6.45, 7) is 3.94. The topological polar surface area (TPSA) is 138 Å². The van der Waals surface area contributed by atoms with Gasteiger partial charge < -0.3 is 16.8 Å². The highest BCUT2D eigenvalue weighted by Gasteiger charge is 2.25. The van der Waals surface area contributed by atoms with E-state index in [0.29, 0.717) is 11.6 Å². The van der Waals surface area contributed by atoms with Gasteiger partial charge in [-0.2, -0.15) is 5.10 Å². The molecule has 0 aliphatic rings. The number of amides is 1. The molecule has 26 heavy (non-hydrogen) atoms. The van der Waals surface area contributed by atoms with Crippen molar-refractivity contribution >= 4 is 17.5 Å². The Morgan fingerprint density at radius 1 is 1.19 bits per heavy atom. The standard InChI is InChI=1S/C17H20N8O/c1-17(2,15-13(18)4-3-5-20-15)24-16-21-6-11(7-22-16)12-8-23-25(9-12)10-14(19)26/h3-9H,10,18H2,1-2H3,(H2,19,26)(H,21,22,24). The number of pyridine rings is 1. The molecule has 9 heteroatoms. The van der Waals surface area contributed by atoms with Crippen LogP contribution in [0.4, 0.5) is 11.6 Å².